The maximum atomic E-state index is 4.89. The molecule has 0 N–H and O–H groups in total. The van der Waals surface area contributed by atoms with E-state index < -0.39 is 0 Å². The average Bonchev–Trinajstić information content (AvgIpc) is 2.68. The van der Waals surface area contributed by atoms with E-state index >= 15 is 0 Å². The van der Waals surface area contributed by atoms with Crippen LogP contribution in [0.5, 0.6) is 0 Å². The van der Waals surface area contributed by atoms with Crippen molar-refractivity contribution in [3.63, 3.8) is 0 Å². The Balaban J connectivity index is 1.53. The van der Waals surface area contributed by atoms with E-state index in [0.717, 1.165) is 58.1 Å². The number of aryl methyl sites for hydroxylation is 1. The monoisotopic (exact) mass is 365 g/mol. The first-order chi connectivity index (χ1) is 13.1. The van der Waals surface area contributed by atoms with Crippen molar-refractivity contribution in [2.24, 2.45) is 0 Å². The number of benzene rings is 1. The molecule has 4 rings (SSSR count). The summed E-state index contributed by atoms with van der Waals surface area (Å²) in [5, 5.41) is 0. The van der Waals surface area contributed by atoms with E-state index in [1.165, 1.54) is 22.6 Å². The van der Waals surface area contributed by atoms with Crippen LogP contribution in [0.25, 0.3) is 0 Å². The van der Waals surface area contributed by atoms with Crippen LogP contribution in [0.2, 0.25) is 0 Å². The molecule has 1 aromatic heterocycles. The Labute approximate surface area is 163 Å². The van der Waals surface area contributed by atoms with E-state index in [2.05, 4.69) is 58.9 Å². The summed E-state index contributed by atoms with van der Waals surface area (Å²) in [4.78, 5) is 17.2. The van der Waals surface area contributed by atoms with Gasteiger partial charge in [-0.25, -0.2) is 9.97 Å². The maximum Gasteiger partial charge on any atom is 0.137 e. The van der Waals surface area contributed by atoms with E-state index in [-0.39, 0.29) is 0 Å². The van der Waals surface area contributed by atoms with Crippen LogP contribution in [-0.4, -0.2) is 58.5 Å². The van der Waals surface area contributed by atoms with Gasteiger partial charge in [-0.15, -0.1) is 0 Å². The molecule has 5 nitrogen and oxygen atoms in total. The lowest BCUT2D eigenvalue weighted by molar-refractivity contribution is 0.207. The average molecular weight is 366 g/mol. The number of aromatic nitrogens is 2. The summed E-state index contributed by atoms with van der Waals surface area (Å²) >= 11 is 0. The number of hydrogen-bond donors (Lipinski definition) is 0. The van der Waals surface area contributed by atoms with Crippen LogP contribution in [0.1, 0.15) is 36.5 Å². The highest BCUT2D eigenvalue weighted by Gasteiger charge is 2.27. The lowest BCUT2D eigenvalue weighted by Crippen LogP contribution is -2.49. The van der Waals surface area contributed by atoms with Crippen LogP contribution < -0.4 is 4.90 Å². The summed E-state index contributed by atoms with van der Waals surface area (Å²) in [5.74, 6) is 2.09. The van der Waals surface area contributed by atoms with Crippen LogP contribution in [0, 0.1) is 6.92 Å². The van der Waals surface area contributed by atoms with Gasteiger partial charge in [-0.3, -0.25) is 9.80 Å². The molecule has 27 heavy (non-hydrogen) atoms. The standard InChI is InChI=1S/C22H31N5/c1-17(2)26-11-13-27(14-12-26)22-20-16-25(15-19-7-5-4-6-8-19)10-9-21(20)23-18(3)24-22/h4-8,17H,9-16H2,1-3H3. The van der Waals surface area contributed by atoms with Gasteiger partial charge in [0.25, 0.3) is 0 Å². The highest BCUT2D eigenvalue weighted by molar-refractivity contribution is 5.50. The third-order valence-electron chi connectivity index (χ3n) is 5.82. The van der Waals surface area contributed by atoms with Crippen molar-refractivity contribution in [1.82, 2.24) is 19.8 Å². The number of hydrogen-bond acceptors (Lipinski definition) is 5. The SMILES string of the molecule is Cc1nc2c(c(N3CCN(C(C)C)CC3)n1)CN(Cc1ccccc1)CC2. The third kappa shape index (κ3) is 4.14. The molecule has 1 saturated heterocycles. The van der Waals surface area contributed by atoms with Gasteiger partial charge in [-0.2, -0.15) is 0 Å². The Morgan fingerprint density at radius 3 is 2.41 bits per heavy atom. The van der Waals surface area contributed by atoms with E-state index in [1.807, 2.05) is 6.92 Å². The van der Waals surface area contributed by atoms with Gasteiger partial charge in [0.05, 0.1) is 5.69 Å². The lowest BCUT2D eigenvalue weighted by atomic mass is 10.0. The molecule has 144 valence electrons. The van der Waals surface area contributed by atoms with Crippen LogP contribution >= 0.6 is 0 Å². The van der Waals surface area contributed by atoms with E-state index in [4.69, 9.17) is 9.97 Å². The summed E-state index contributed by atoms with van der Waals surface area (Å²) < 4.78 is 0. The first kappa shape index (κ1) is 18.4. The molecule has 0 bridgehead atoms. The zero-order valence-corrected chi connectivity index (χ0v) is 16.9. The Kier molecular flexibility index (Phi) is 5.41. The maximum absolute atomic E-state index is 4.89. The van der Waals surface area contributed by atoms with E-state index in [9.17, 15) is 0 Å². The number of anilines is 1. The fourth-order valence-corrected chi connectivity index (χ4v) is 4.26. The minimum absolute atomic E-state index is 0.620. The minimum Gasteiger partial charge on any atom is -0.354 e. The molecule has 0 amide bonds. The summed E-state index contributed by atoms with van der Waals surface area (Å²) in [7, 11) is 0. The summed E-state index contributed by atoms with van der Waals surface area (Å²) in [6, 6.07) is 11.4. The van der Waals surface area contributed by atoms with Crippen molar-refractivity contribution in [2.45, 2.75) is 46.3 Å². The molecule has 1 fully saturated rings. The van der Waals surface area contributed by atoms with Crippen molar-refractivity contribution >= 4 is 5.82 Å². The molecule has 2 aliphatic heterocycles. The van der Waals surface area contributed by atoms with Crippen molar-refractivity contribution in [3.8, 4) is 0 Å². The second-order valence-corrected chi connectivity index (χ2v) is 8.08. The lowest BCUT2D eigenvalue weighted by Gasteiger charge is -2.39. The topological polar surface area (TPSA) is 35.5 Å². The Bertz CT molecular complexity index is 766. The van der Waals surface area contributed by atoms with Crippen LogP contribution in [-0.2, 0) is 19.5 Å². The Morgan fingerprint density at radius 1 is 0.963 bits per heavy atom. The second-order valence-electron chi connectivity index (χ2n) is 8.08. The summed E-state index contributed by atoms with van der Waals surface area (Å²) in [5.41, 5.74) is 3.98. The zero-order valence-electron chi connectivity index (χ0n) is 16.9. The molecule has 5 heteroatoms. The van der Waals surface area contributed by atoms with Gasteiger partial charge < -0.3 is 4.90 Å². The molecule has 2 aromatic rings. The number of piperazine rings is 1. The third-order valence-corrected chi connectivity index (χ3v) is 5.82. The van der Waals surface area contributed by atoms with Crippen molar-refractivity contribution in [1.29, 1.82) is 0 Å². The number of nitrogens with zero attached hydrogens (tertiary/aromatic N) is 5. The fraction of sp³-hybridized carbons (Fsp3) is 0.545. The highest BCUT2D eigenvalue weighted by atomic mass is 15.3. The van der Waals surface area contributed by atoms with Crippen LogP contribution in [0.3, 0.4) is 0 Å². The fourth-order valence-electron chi connectivity index (χ4n) is 4.26. The quantitative estimate of drug-likeness (QED) is 0.833. The molecule has 0 spiro atoms. The van der Waals surface area contributed by atoms with Crippen molar-refractivity contribution in [2.75, 3.05) is 37.6 Å². The summed E-state index contributed by atoms with van der Waals surface area (Å²) in [6.45, 7) is 14.0. The van der Waals surface area contributed by atoms with Gasteiger partial charge in [0.2, 0.25) is 0 Å². The molecule has 0 radical (unpaired) electrons. The highest BCUT2D eigenvalue weighted by Crippen LogP contribution is 2.28. The van der Waals surface area contributed by atoms with Crippen molar-refractivity contribution in [3.05, 3.63) is 53.0 Å². The van der Waals surface area contributed by atoms with Gasteiger partial charge in [-0.1, -0.05) is 30.3 Å². The largest absolute Gasteiger partial charge is 0.354 e. The first-order valence-corrected chi connectivity index (χ1v) is 10.2. The van der Waals surface area contributed by atoms with E-state index in [0.29, 0.717) is 6.04 Å². The molecule has 3 heterocycles. The van der Waals surface area contributed by atoms with E-state index in [1.54, 1.807) is 0 Å². The zero-order chi connectivity index (χ0) is 18.8. The predicted molar refractivity (Wildman–Crippen MR) is 110 cm³/mol. The van der Waals surface area contributed by atoms with Crippen LogP contribution in [0.4, 0.5) is 5.82 Å². The number of rotatable bonds is 4. The van der Waals surface area contributed by atoms with Crippen LogP contribution in [0.15, 0.2) is 30.3 Å². The van der Waals surface area contributed by atoms with Gasteiger partial charge in [0, 0.05) is 63.8 Å². The van der Waals surface area contributed by atoms with Crippen molar-refractivity contribution < 1.29 is 0 Å². The van der Waals surface area contributed by atoms with Gasteiger partial charge >= 0.3 is 0 Å². The minimum atomic E-state index is 0.620. The number of fused-ring (bicyclic) bond motifs is 1. The normalized spacial score (nSPS) is 18.7. The Hall–Kier alpha value is -1.98. The molecule has 2 aliphatic rings. The predicted octanol–water partition coefficient (Wildman–Crippen LogP) is 2.87. The molecule has 0 unspecified atom stereocenters. The molecule has 0 aliphatic carbocycles. The molecule has 0 saturated carbocycles. The molecule has 1 aromatic carbocycles. The van der Waals surface area contributed by atoms with Gasteiger partial charge in [-0.05, 0) is 26.3 Å². The Morgan fingerprint density at radius 2 is 1.70 bits per heavy atom. The molecular weight excluding hydrogens is 334 g/mol. The molecular formula is C22H31N5. The summed E-state index contributed by atoms with van der Waals surface area (Å²) in [6.07, 6.45) is 1.02. The first-order valence-electron chi connectivity index (χ1n) is 10.2. The van der Waals surface area contributed by atoms with Gasteiger partial charge in [0.15, 0.2) is 0 Å². The molecule has 0 atom stereocenters. The van der Waals surface area contributed by atoms with Gasteiger partial charge in [0.1, 0.15) is 11.6 Å². The second kappa shape index (κ2) is 7.95. The smallest absolute Gasteiger partial charge is 0.137 e.